The van der Waals surface area contributed by atoms with E-state index in [4.69, 9.17) is 9.47 Å². The fourth-order valence-electron chi connectivity index (χ4n) is 4.43. The Morgan fingerprint density at radius 1 is 1.33 bits per heavy atom. The highest BCUT2D eigenvalue weighted by Gasteiger charge is 2.45. The van der Waals surface area contributed by atoms with Crippen LogP contribution in [0.25, 0.3) is 0 Å². The molecule has 0 radical (unpaired) electrons. The van der Waals surface area contributed by atoms with Gasteiger partial charge < -0.3 is 14.8 Å². The molecule has 4 heteroatoms. The van der Waals surface area contributed by atoms with Crippen LogP contribution in [0.1, 0.15) is 46.0 Å². The first-order valence-electron chi connectivity index (χ1n) is 8.81. The van der Waals surface area contributed by atoms with Gasteiger partial charge in [-0.3, -0.25) is 0 Å². The van der Waals surface area contributed by atoms with Crippen molar-refractivity contribution in [1.29, 1.82) is 0 Å². The van der Waals surface area contributed by atoms with Crippen LogP contribution < -0.4 is 5.32 Å². The highest BCUT2D eigenvalue weighted by atomic mass is 32.2. The summed E-state index contributed by atoms with van der Waals surface area (Å²) in [5.74, 6) is 3.94. The monoisotopic (exact) mass is 313 g/mol. The molecule has 3 heterocycles. The Balaban J connectivity index is 1.69. The average molecular weight is 314 g/mol. The SMILES string of the molecule is CCCNC(C1CCOC2(CCSC2)C1)C1CCOC1C. The van der Waals surface area contributed by atoms with Gasteiger partial charge in [-0.15, -0.1) is 0 Å². The molecule has 0 aromatic carbocycles. The maximum atomic E-state index is 6.22. The van der Waals surface area contributed by atoms with E-state index in [9.17, 15) is 0 Å². The zero-order valence-corrected chi connectivity index (χ0v) is 14.4. The minimum absolute atomic E-state index is 0.197. The van der Waals surface area contributed by atoms with Crippen molar-refractivity contribution < 1.29 is 9.47 Å². The summed E-state index contributed by atoms with van der Waals surface area (Å²) in [7, 11) is 0. The van der Waals surface area contributed by atoms with E-state index in [-0.39, 0.29) is 5.60 Å². The molecule has 3 saturated heterocycles. The maximum Gasteiger partial charge on any atom is 0.0783 e. The lowest BCUT2D eigenvalue weighted by Gasteiger charge is -2.43. The lowest BCUT2D eigenvalue weighted by molar-refractivity contribution is -0.0899. The van der Waals surface area contributed by atoms with Crippen molar-refractivity contribution in [1.82, 2.24) is 5.32 Å². The van der Waals surface area contributed by atoms with E-state index in [0.717, 1.165) is 25.7 Å². The predicted octanol–water partition coefficient (Wildman–Crippen LogP) is 3.08. The van der Waals surface area contributed by atoms with Crippen molar-refractivity contribution in [3.8, 4) is 0 Å². The Morgan fingerprint density at radius 2 is 2.24 bits per heavy atom. The molecule has 0 saturated carbocycles. The van der Waals surface area contributed by atoms with Crippen molar-refractivity contribution in [3.05, 3.63) is 0 Å². The van der Waals surface area contributed by atoms with Crippen LogP contribution in [0.3, 0.4) is 0 Å². The van der Waals surface area contributed by atoms with Gasteiger partial charge in [-0.1, -0.05) is 6.92 Å². The Labute approximate surface area is 133 Å². The molecule has 5 atom stereocenters. The summed E-state index contributed by atoms with van der Waals surface area (Å²) in [5.41, 5.74) is 0.197. The number of thioether (sulfide) groups is 1. The molecule has 1 spiro atoms. The molecule has 0 aliphatic carbocycles. The Hall–Kier alpha value is 0.230. The average Bonchev–Trinajstić information content (AvgIpc) is 3.10. The van der Waals surface area contributed by atoms with E-state index in [1.54, 1.807) is 0 Å². The number of hydrogen-bond donors (Lipinski definition) is 1. The van der Waals surface area contributed by atoms with Crippen molar-refractivity contribution in [2.75, 3.05) is 31.3 Å². The molecule has 0 aromatic rings. The molecule has 0 aromatic heterocycles. The Bertz CT molecular complexity index is 333. The summed E-state index contributed by atoms with van der Waals surface area (Å²) in [4.78, 5) is 0. The van der Waals surface area contributed by atoms with E-state index in [2.05, 4.69) is 30.9 Å². The molecule has 3 rings (SSSR count). The van der Waals surface area contributed by atoms with Crippen molar-refractivity contribution >= 4 is 11.8 Å². The van der Waals surface area contributed by atoms with Gasteiger partial charge in [0.05, 0.1) is 11.7 Å². The molecule has 3 fully saturated rings. The zero-order valence-electron chi connectivity index (χ0n) is 13.6. The van der Waals surface area contributed by atoms with Gasteiger partial charge in [-0.2, -0.15) is 11.8 Å². The second-order valence-electron chi connectivity index (χ2n) is 7.10. The molecule has 3 aliphatic rings. The summed E-state index contributed by atoms with van der Waals surface area (Å²) in [5, 5.41) is 3.88. The van der Waals surface area contributed by atoms with Crippen LogP contribution >= 0.6 is 11.8 Å². The van der Waals surface area contributed by atoms with E-state index in [1.165, 1.54) is 43.6 Å². The normalized spacial score (nSPS) is 41.7. The summed E-state index contributed by atoms with van der Waals surface area (Å²) in [6.45, 7) is 7.56. The van der Waals surface area contributed by atoms with Gasteiger partial charge in [0.2, 0.25) is 0 Å². The van der Waals surface area contributed by atoms with Crippen LogP contribution in [-0.4, -0.2) is 49.0 Å². The largest absolute Gasteiger partial charge is 0.378 e. The van der Waals surface area contributed by atoms with Crippen molar-refractivity contribution in [2.45, 2.75) is 63.7 Å². The first-order valence-corrected chi connectivity index (χ1v) is 9.96. The third-order valence-corrected chi connectivity index (χ3v) is 6.86. The number of nitrogens with one attached hydrogen (secondary N) is 1. The van der Waals surface area contributed by atoms with Crippen LogP contribution in [0.5, 0.6) is 0 Å². The number of rotatable bonds is 5. The first kappa shape index (κ1) is 16.1. The van der Waals surface area contributed by atoms with Crippen molar-refractivity contribution in [2.24, 2.45) is 11.8 Å². The second kappa shape index (κ2) is 7.20. The quantitative estimate of drug-likeness (QED) is 0.845. The van der Waals surface area contributed by atoms with Crippen LogP contribution in [0.15, 0.2) is 0 Å². The lowest BCUT2D eigenvalue weighted by Crippen LogP contribution is -2.51. The van der Waals surface area contributed by atoms with Gasteiger partial charge in [0.25, 0.3) is 0 Å². The molecule has 21 heavy (non-hydrogen) atoms. The summed E-state index contributed by atoms with van der Waals surface area (Å²) in [6, 6.07) is 0.619. The maximum absolute atomic E-state index is 6.22. The lowest BCUT2D eigenvalue weighted by atomic mass is 9.75. The predicted molar refractivity (Wildman–Crippen MR) is 89.0 cm³/mol. The number of ether oxygens (including phenoxy) is 2. The molecule has 5 unspecified atom stereocenters. The van der Waals surface area contributed by atoms with Crippen LogP contribution in [0.2, 0.25) is 0 Å². The third kappa shape index (κ3) is 3.60. The van der Waals surface area contributed by atoms with Gasteiger partial charge in [-0.25, -0.2) is 0 Å². The molecule has 1 N–H and O–H groups in total. The zero-order chi connectivity index (χ0) is 14.7. The first-order chi connectivity index (χ1) is 10.2. The van der Waals surface area contributed by atoms with Gasteiger partial charge in [-0.05, 0) is 57.2 Å². The highest BCUT2D eigenvalue weighted by molar-refractivity contribution is 7.99. The highest BCUT2D eigenvalue weighted by Crippen LogP contribution is 2.43. The van der Waals surface area contributed by atoms with E-state index < -0.39 is 0 Å². The minimum Gasteiger partial charge on any atom is -0.378 e. The van der Waals surface area contributed by atoms with Crippen LogP contribution in [-0.2, 0) is 9.47 Å². The third-order valence-electron chi connectivity index (χ3n) is 5.63. The Kier molecular flexibility index (Phi) is 5.52. The fraction of sp³-hybridized carbons (Fsp3) is 1.00. The van der Waals surface area contributed by atoms with Crippen molar-refractivity contribution in [3.63, 3.8) is 0 Å². The Morgan fingerprint density at radius 3 is 2.90 bits per heavy atom. The van der Waals surface area contributed by atoms with E-state index in [0.29, 0.717) is 18.1 Å². The van der Waals surface area contributed by atoms with Crippen LogP contribution in [0, 0.1) is 11.8 Å². The molecule has 0 amide bonds. The summed E-state index contributed by atoms with van der Waals surface area (Å²) in [6.07, 6.45) is 6.58. The summed E-state index contributed by atoms with van der Waals surface area (Å²) >= 11 is 2.07. The smallest absolute Gasteiger partial charge is 0.0783 e. The number of hydrogen-bond acceptors (Lipinski definition) is 4. The molecular weight excluding hydrogens is 282 g/mol. The van der Waals surface area contributed by atoms with Gasteiger partial charge in [0.15, 0.2) is 0 Å². The molecular formula is C17H31NO2S. The summed E-state index contributed by atoms with van der Waals surface area (Å²) < 4.78 is 12.1. The van der Waals surface area contributed by atoms with E-state index in [1.807, 2.05) is 0 Å². The van der Waals surface area contributed by atoms with Gasteiger partial charge in [0, 0.05) is 30.9 Å². The molecule has 0 bridgehead atoms. The second-order valence-corrected chi connectivity index (χ2v) is 8.20. The van der Waals surface area contributed by atoms with Crippen LogP contribution in [0.4, 0.5) is 0 Å². The molecule has 3 nitrogen and oxygen atoms in total. The minimum atomic E-state index is 0.197. The standard InChI is InChI=1S/C17H31NO2S/c1-3-7-18-16(15-5-8-19-13(15)2)14-4-9-20-17(11-14)6-10-21-12-17/h13-16,18H,3-12H2,1-2H3. The van der Waals surface area contributed by atoms with Gasteiger partial charge in [0.1, 0.15) is 0 Å². The topological polar surface area (TPSA) is 30.5 Å². The fourth-order valence-corrected chi connectivity index (χ4v) is 5.81. The van der Waals surface area contributed by atoms with Gasteiger partial charge >= 0.3 is 0 Å². The molecule has 122 valence electrons. The van der Waals surface area contributed by atoms with E-state index >= 15 is 0 Å². The molecule has 3 aliphatic heterocycles.